The second-order valence-corrected chi connectivity index (χ2v) is 4.96. The van der Waals surface area contributed by atoms with Crippen molar-refractivity contribution in [2.24, 2.45) is 5.73 Å². The minimum atomic E-state index is -0.0668. The molecule has 0 aliphatic rings. The van der Waals surface area contributed by atoms with Gasteiger partial charge in [-0.15, -0.1) is 0 Å². The summed E-state index contributed by atoms with van der Waals surface area (Å²) in [5, 5.41) is 8.18. The van der Waals surface area contributed by atoms with Gasteiger partial charge in [-0.2, -0.15) is 0 Å². The van der Waals surface area contributed by atoms with Gasteiger partial charge in [-0.3, -0.25) is 5.41 Å². The maximum absolute atomic E-state index is 7.47. The van der Waals surface area contributed by atoms with Crippen molar-refractivity contribution >= 4 is 23.4 Å². The predicted octanol–water partition coefficient (Wildman–Crippen LogP) is 2.36. The lowest BCUT2D eigenvalue weighted by atomic mass is 10.2. The average Bonchev–Trinajstić information content (AvgIpc) is 2.40. The fraction of sp³-hybridized carbons (Fsp3) is 0.214. The van der Waals surface area contributed by atoms with Crippen molar-refractivity contribution in [2.75, 3.05) is 11.9 Å². The summed E-state index contributed by atoms with van der Waals surface area (Å²) in [4.78, 5) is 10.5. The zero-order valence-electron chi connectivity index (χ0n) is 11.4. The zero-order chi connectivity index (χ0) is 14.7. The largest absolute Gasteiger partial charge is 0.382 e. The Labute approximate surface area is 122 Å². The number of hydrogen-bond donors (Lipinski definition) is 2. The third-order valence-electron chi connectivity index (χ3n) is 2.83. The van der Waals surface area contributed by atoms with Crippen LogP contribution in [0.2, 0.25) is 5.02 Å². The van der Waals surface area contributed by atoms with Crippen molar-refractivity contribution in [3.8, 4) is 0 Å². The molecule has 2 rings (SSSR count). The van der Waals surface area contributed by atoms with Crippen LogP contribution >= 0.6 is 11.6 Å². The minimum absolute atomic E-state index is 0.0668. The second kappa shape index (κ2) is 5.88. The van der Waals surface area contributed by atoms with Gasteiger partial charge in [0.1, 0.15) is 11.5 Å². The van der Waals surface area contributed by atoms with Gasteiger partial charge < -0.3 is 10.6 Å². The first-order chi connectivity index (χ1) is 9.47. The highest BCUT2D eigenvalue weighted by Crippen LogP contribution is 2.18. The van der Waals surface area contributed by atoms with E-state index in [9.17, 15) is 0 Å². The van der Waals surface area contributed by atoms with Gasteiger partial charge in [0.15, 0.2) is 0 Å². The maximum Gasteiger partial charge on any atom is 0.226 e. The average molecular weight is 290 g/mol. The molecule has 0 bridgehead atoms. The molecule has 20 heavy (non-hydrogen) atoms. The molecule has 0 saturated heterocycles. The molecule has 0 atom stereocenters. The topological polar surface area (TPSA) is 78.9 Å². The molecule has 1 heterocycles. The fourth-order valence-electron chi connectivity index (χ4n) is 1.81. The van der Waals surface area contributed by atoms with Crippen LogP contribution in [0.5, 0.6) is 0 Å². The number of nitrogens with two attached hydrogens (primary N) is 1. The van der Waals surface area contributed by atoms with Crippen molar-refractivity contribution in [1.29, 1.82) is 5.41 Å². The molecular formula is C14H16ClN5. The van der Waals surface area contributed by atoms with E-state index in [1.54, 1.807) is 6.07 Å². The SMILES string of the molecule is Cc1cc(C(=N)N)nc(N(C)Cc2ccccc2Cl)n1. The molecule has 0 fully saturated rings. The van der Waals surface area contributed by atoms with Gasteiger partial charge in [0.05, 0.1) is 0 Å². The highest BCUT2D eigenvalue weighted by molar-refractivity contribution is 6.31. The lowest BCUT2D eigenvalue weighted by Crippen LogP contribution is -2.22. The van der Waals surface area contributed by atoms with Gasteiger partial charge in [0.2, 0.25) is 5.95 Å². The molecule has 0 amide bonds. The summed E-state index contributed by atoms with van der Waals surface area (Å²) < 4.78 is 0. The quantitative estimate of drug-likeness (QED) is 0.669. The number of rotatable bonds is 4. The number of nitrogens with zero attached hydrogens (tertiary/aromatic N) is 3. The van der Waals surface area contributed by atoms with Crippen LogP contribution in [0.3, 0.4) is 0 Å². The predicted molar refractivity (Wildman–Crippen MR) is 81.3 cm³/mol. The van der Waals surface area contributed by atoms with Crippen LogP contribution in [-0.4, -0.2) is 22.9 Å². The number of aromatic nitrogens is 2. The number of anilines is 1. The van der Waals surface area contributed by atoms with E-state index >= 15 is 0 Å². The van der Waals surface area contributed by atoms with Crippen molar-refractivity contribution in [3.63, 3.8) is 0 Å². The van der Waals surface area contributed by atoms with E-state index in [1.807, 2.05) is 43.1 Å². The summed E-state index contributed by atoms with van der Waals surface area (Å²) in [6, 6.07) is 9.33. The first kappa shape index (κ1) is 14.3. The van der Waals surface area contributed by atoms with Crippen molar-refractivity contribution in [1.82, 2.24) is 9.97 Å². The highest BCUT2D eigenvalue weighted by Gasteiger charge is 2.10. The molecule has 104 valence electrons. The van der Waals surface area contributed by atoms with Crippen LogP contribution < -0.4 is 10.6 Å². The summed E-state index contributed by atoms with van der Waals surface area (Å²) in [5.74, 6) is 0.456. The van der Waals surface area contributed by atoms with Gasteiger partial charge in [-0.1, -0.05) is 29.8 Å². The molecule has 0 saturated carbocycles. The molecule has 0 spiro atoms. The lowest BCUT2D eigenvalue weighted by molar-refractivity contribution is 0.857. The summed E-state index contributed by atoms with van der Waals surface area (Å²) in [7, 11) is 1.88. The van der Waals surface area contributed by atoms with E-state index in [2.05, 4.69) is 9.97 Å². The Hall–Kier alpha value is -2.14. The van der Waals surface area contributed by atoms with E-state index < -0.39 is 0 Å². The molecule has 6 heteroatoms. The monoisotopic (exact) mass is 289 g/mol. The number of halogens is 1. The normalized spacial score (nSPS) is 10.3. The Kier molecular flexibility index (Phi) is 4.20. The number of aryl methyl sites for hydroxylation is 1. The number of nitrogens with one attached hydrogen (secondary N) is 1. The Morgan fingerprint density at radius 3 is 2.70 bits per heavy atom. The lowest BCUT2D eigenvalue weighted by Gasteiger charge is -2.18. The summed E-state index contributed by atoms with van der Waals surface area (Å²) in [6.07, 6.45) is 0. The van der Waals surface area contributed by atoms with E-state index in [-0.39, 0.29) is 5.84 Å². The number of nitrogen functional groups attached to an aromatic ring is 1. The van der Waals surface area contributed by atoms with Crippen molar-refractivity contribution < 1.29 is 0 Å². The van der Waals surface area contributed by atoms with Gasteiger partial charge in [0.25, 0.3) is 0 Å². The molecule has 3 N–H and O–H groups in total. The molecule has 1 aromatic carbocycles. The Balaban J connectivity index is 2.27. The first-order valence-corrected chi connectivity index (χ1v) is 6.50. The first-order valence-electron chi connectivity index (χ1n) is 6.12. The summed E-state index contributed by atoms with van der Waals surface area (Å²) >= 11 is 6.15. The van der Waals surface area contributed by atoms with Crippen LogP contribution in [-0.2, 0) is 6.54 Å². The molecular weight excluding hydrogens is 274 g/mol. The molecule has 0 radical (unpaired) electrons. The molecule has 2 aromatic rings. The smallest absolute Gasteiger partial charge is 0.226 e. The fourth-order valence-corrected chi connectivity index (χ4v) is 2.01. The molecule has 5 nitrogen and oxygen atoms in total. The van der Waals surface area contributed by atoms with Crippen LogP contribution in [0, 0.1) is 12.3 Å². The third kappa shape index (κ3) is 3.24. The van der Waals surface area contributed by atoms with Crippen molar-refractivity contribution in [3.05, 3.63) is 52.3 Å². The Bertz CT molecular complexity index is 641. The van der Waals surface area contributed by atoms with Gasteiger partial charge in [-0.25, -0.2) is 9.97 Å². The Morgan fingerprint density at radius 2 is 2.05 bits per heavy atom. The molecule has 0 aliphatic carbocycles. The van der Waals surface area contributed by atoms with E-state index in [1.165, 1.54) is 0 Å². The minimum Gasteiger partial charge on any atom is -0.382 e. The van der Waals surface area contributed by atoms with Crippen molar-refractivity contribution in [2.45, 2.75) is 13.5 Å². The second-order valence-electron chi connectivity index (χ2n) is 4.56. The van der Waals surface area contributed by atoms with E-state index in [4.69, 9.17) is 22.7 Å². The van der Waals surface area contributed by atoms with Crippen LogP contribution in [0.15, 0.2) is 30.3 Å². The van der Waals surface area contributed by atoms with Gasteiger partial charge >= 0.3 is 0 Å². The van der Waals surface area contributed by atoms with Crippen LogP contribution in [0.4, 0.5) is 5.95 Å². The highest BCUT2D eigenvalue weighted by atomic mass is 35.5. The molecule has 1 aromatic heterocycles. The van der Waals surface area contributed by atoms with Gasteiger partial charge in [-0.05, 0) is 24.6 Å². The maximum atomic E-state index is 7.47. The molecule has 0 unspecified atom stereocenters. The van der Waals surface area contributed by atoms with Gasteiger partial charge in [0, 0.05) is 24.3 Å². The van der Waals surface area contributed by atoms with E-state index in [0.29, 0.717) is 23.2 Å². The third-order valence-corrected chi connectivity index (χ3v) is 3.19. The van der Waals surface area contributed by atoms with E-state index in [0.717, 1.165) is 11.3 Å². The number of hydrogen-bond acceptors (Lipinski definition) is 4. The molecule has 0 aliphatic heterocycles. The summed E-state index contributed by atoms with van der Waals surface area (Å²) in [6.45, 7) is 2.43. The number of benzene rings is 1. The Morgan fingerprint density at radius 1 is 1.35 bits per heavy atom. The number of amidine groups is 1. The summed E-state index contributed by atoms with van der Waals surface area (Å²) in [5.41, 5.74) is 7.67. The van der Waals surface area contributed by atoms with Crippen LogP contribution in [0.25, 0.3) is 0 Å². The zero-order valence-corrected chi connectivity index (χ0v) is 12.1. The van der Waals surface area contributed by atoms with Crippen LogP contribution in [0.1, 0.15) is 17.0 Å². The standard InChI is InChI=1S/C14H16ClN5/c1-9-7-12(13(16)17)19-14(18-9)20(2)8-10-5-3-4-6-11(10)15/h3-7H,8H2,1-2H3,(H3,16,17).